The second-order valence-electron chi connectivity index (χ2n) is 4.67. The van der Waals surface area contributed by atoms with Gasteiger partial charge in [0.15, 0.2) is 0 Å². The molecular weight excluding hydrogens is 292 g/mol. The number of nitrogens with two attached hydrogens (primary N) is 2. The van der Waals surface area contributed by atoms with Gasteiger partial charge in [0.1, 0.15) is 10.9 Å². The number of nitrogen functional groups attached to an aromatic ring is 1. The molecule has 0 aromatic heterocycles. The predicted molar refractivity (Wildman–Crippen MR) is 83.2 cm³/mol. The van der Waals surface area contributed by atoms with Gasteiger partial charge in [-0.25, -0.2) is 13.6 Å². The molecule has 1 unspecified atom stereocenters. The number of likely N-dealkylation sites (N-methyl/N-ethyl adjacent to an activating group) is 1. The summed E-state index contributed by atoms with van der Waals surface area (Å²) in [6.45, 7) is 6.83. The minimum atomic E-state index is -3.84. The first-order chi connectivity index (χ1) is 9.70. The monoisotopic (exact) mass is 314 g/mol. The maximum Gasteiger partial charge on any atom is 0.244 e. The number of hydrogen-bond acceptors (Lipinski definition) is 5. The van der Waals surface area contributed by atoms with E-state index in [-0.39, 0.29) is 16.5 Å². The summed E-state index contributed by atoms with van der Waals surface area (Å²) in [4.78, 5) is 13.7. The highest BCUT2D eigenvalue weighted by molar-refractivity contribution is 7.89. The number of hydrogen-bond donors (Lipinski definition) is 3. The third kappa shape index (κ3) is 4.33. The zero-order chi connectivity index (χ0) is 16.2. The largest absolute Gasteiger partial charge is 0.398 e. The van der Waals surface area contributed by atoms with Gasteiger partial charge in [0.25, 0.3) is 0 Å². The van der Waals surface area contributed by atoms with Crippen LogP contribution >= 0.6 is 0 Å². The van der Waals surface area contributed by atoms with Crippen molar-refractivity contribution in [2.45, 2.75) is 31.7 Å². The average Bonchev–Trinajstić information content (AvgIpc) is 2.38. The summed E-state index contributed by atoms with van der Waals surface area (Å²) in [6, 6.07) is 3.86. The summed E-state index contributed by atoms with van der Waals surface area (Å²) in [5, 5.41) is 8.05. The van der Waals surface area contributed by atoms with E-state index in [0.29, 0.717) is 18.8 Å². The minimum absolute atomic E-state index is 0.0332. The fourth-order valence-corrected chi connectivity index (χ4v) is 2.66. The van der Waals surface area contributed by atoms with Crippen molar-refractivity contribution in [2.75, 3.05) is 24.1 Å². The van der Waals surface area contributed by atoms with Crippen LogP contribution in [-0.2, 0) is 14.8 Å². The fraction of sp³-hybridized carbons (Fsp3) is 0.462. The highest BCUT2D eigenvalue weighted by atomic mass is 32.2. The van der Waals surface area contributed by atoms with Gasteiger partial charge in [-0.15, -0.1) is 0 Å². The number of amides is 1. The molecule has 1 aromatic carbocycles. The summed E-state index contributed by atoms with van der Waals surface area (Å²) in [7, 11) is -3.84. The summed E-state index contributed by atoms with van der Waals surface area (Å²) in [6.07, 6.45) is 0. The van der Waals surface area contributed by atoms with Gasteiger partial charge in [-0.2, -0.15) is 0 Å². The van der Waals surface area contributed by atoms with E-state index in [1.54, 1.807) is 11.8 Å². The average molecular weight is 314 g/mol. The molecule has 8 heteroatoms. The van der Waals surface area contributed by atoms with Crippen LogP contribution in [0.1, 0.15) is 20.8 Å². The van der Waals surface area contributed by atoms with Crippen molar-refractivity contribution in [3.8, 4) is 0 Å². The summed E-state index contributed by atoms with van der Waals surface area (Å²) in [5.41, 5.74) is 6.29. The van der Waals surface area contributed by atoms with Gasteiger partial charge in [-0.3, -0.25) is 4.79 Å². The van der Waals surface area contributed by atoms with Gasteiger partial charge in [0.05, 0.1) is 5.69 Å². The molecule has 0 bridgehead atoms. The second-order valence-corrected chi connectivity index (χ2v) is 6.20. The molecule has 0 aliphatic heterocycles. The zero-order valence-electron chi connectivity index (χ0n) is 12.5. The van der Waals surface area contributed by atoms with E-state index in [1.165, 1.54) is 18.2 Å². The molecule has 0 fully saturated rings. The van der Waals surface area contributed by atoms with E-state index in [1.807, 2.05) is 13.8 Å². The molecule has 0 heterocycles. The lowest BCUT2D eigenvalue weighted by Crippen LogP contribution is -2.41. The molecule has 1 aromatic rings. The van der Waals surface area contributed by atoms with Crippen molar-refractivity contribution < 1.29 is 13.2 Å². The highest BCUT2D eigenvalue weighted by Crippen LogP contribution is 2.22. The molecule has 1 atom stereocenters. The Hall–Kier alpha value is -1.80. The first kappa shape index (κ1) is 17.3. The van der Waals surface area contributed by atoms with Gasteiger partial charge >= 0.3 is 0 Å². The predicted octanol–water partition coefficient (Wildman–Crippen LogP) is 0.585. The van der Waals surface area contributed by atoms with Gasteiger partial charge < -0.3 is 16.0 Å². The van der Waals surface area contributed by atoms with Crippen LogP contribution in [0.3, 0.4) is 0 Å². The third-order valence-corrected chi connectivity index (χ3v) is 4.13. The molecule has 0 spiro atoms. The quantitative estimate of drug-likeness (QED) is 0.664. The second kappa shape index (κ2) is 6.77. The van der Waals surface area contributed by atoms with E-state index in [9.17, 15) is 13.2 Å². The van der Waals surface area contributed by atoms with Crippen molar-refractivity contribution in [3.63, 3.8) is 0 Å². The van der Waals surface area contributed by atoms with Crippen molar-refractivity contribution >= 4 is 27.3 Å². The van der Waals surface area contributed by atoms with Crippen LogP contribution in [0.25, 0.3) is 0 Å². The smallest absolute Gasteiger partial charge is 0.244 e. The molecule has 21 heavy (non-hydrogen) atoms. The standard InChI is InChI=1S/C13H22N4O3S/c1-4-17(5-2)13(18)9(3)16-10-6-7-12(11(14)8-10)21(15,19)20/h6-9,16H,4-5,14H2,1-3H3,(H2,15,19,20). The Morgan fingerprint density at radius 3 is 2.33 bits per heavy atom. The van der Waals surface area contributed by atoms with Gasteiger partial charge in [0.2, 0.25) is 15.9 Å². The number of nitrogens with zero attached hydrogens (tertiary/aromatic N) is 1. The first-order valence-corrected chi connectivity index (χ1v) is 8.23. The molecule has 0 saturated carbocycles. The van der Waals surface area contributed by atoms with Crippen LogP contribution in [0.2, 0.25) is 0 Å². The van der Waals surface area contributed by atoms with Crippen molar-refractivity contribution in [2.24, 2.45) is 5.14 Å². The Morgan fingerprint density at radius 2 is 1.90 bits per heavy atom. The molecular formula is C13H22N4O3S. The van der Waals surface area contributed by atoms with Crippen LogP contribution in [0.5, 0.6) is 0 Å². The molecule has 0 aliphatic rings. The molecule has 1 amide bonds. The number of carbonyl (C=O) groups is 1. The maximum atomic E-state index is 12.1. The Bertz CT molecular complexity index is 612. The van der Waals surface area contributed by atoms with Gasteiger partial charge in [-0.1, -0.05) is 0 Å². The molecule has 7 nitrogen and oxygen atoms in total. The third-order valence-electron chi connectivity index (χ3n) is 3.15. The lowest BCUT2D eigenvalue weighted by molar-refractivity contribution is -0.131. The van der Waals surface area contributed by atoms with Gasteiger partial charge in [0, 0.05) is 18.8 Å². The van der Waals surface area contributed by atoms with E-state index in [2.05, 4.69) is 5.32 Å². The maximum absolute atomic E-state index is 12.1. The number of carbonyl (C=O) groups excluding carboxylic acids is 1. The summed E-state index contributed by atoms with van der Waals surface area (Å²) < 4.78 is 22.6. The Kier molecular flexibility index (Phi) is 5.56. The van der Waals surface area contributed by atoms with Crippen LogP contribution in [0.4, 0.5) is 11.4 Å². The molecule has 0 saturated heterocycles. The normalized spacial score (nSPS) is 12.8. The van der Waals surface area contributed by atoms with E-state index in [0.717, 1.165) is 0 Å². The number of sulfonamides is 1. The first-order valence-electron chi connectivity index (χ1n) is 6.68. The van der Waals surface area contributed by atoms with Crippen LogP contribution < -0.4 is 16.2 Å². The Labute approximate surface area is 125 Å². The van der Waals surface area contributed by atoms with E-state index in [4.69, 9.17) is 10.9 Å². The van der Waals surface area contributed by atoms with Crippen molar-refractivity contribution in [1.29, 1.82) is 0 Å². The number of nitrogens with one attached hydrogen (secondary N) is 1. The zero-order valence-corrected chi connectivity index (χ0v) is 13.3. The Morgan fingerprint density at radius 1 is 1.33 bits per heavy atom. The molecule has 0 radical (unpaired) electrons. The van der Waals surface area contributed by atoms with E-state index < -0.39 is 16.1 Å². The van der Waals surface area contributed by atoms with Gasteiger partial charge in [-0.05, 0) is 39.0 Å². The summed E-state index contributed by atoms with van der Waals surface area (Å²) in [5.74, 6) is -0.0332. The SMILES string of the molecule is CCN(CC)C(=O)C(C)Nc1ccc(S(N)(=O)=O)c(N)c1. The Balaban J connectivity index is 2.90. The van der Waals surface area contributed by atoms with Crippen LogP contribution in [-0.4, -0.2) is 38.4 Å². The highest BCUT2D eigenvalue weighted by Gasteiger charge is 2.19. The molecule has 1 rings (SSSR count). The lowest BCUT2D eigenvalue weighted by Gasteiger charge is -2.24. The molecule has 5 N–H and O–H groups in total. The number of primary sulfonamides is 1. The number of benzene rings is 1. The van der Waals surface area contributed by atoms with Crippen molar-refractivity contribution in [1.82, 2.24) is 4.90 Å². The van der Waals surface area contributed by atoms with Crippen LogP contribution in [0, 0.1) is 0 Å². The molecule has 0 aliphatic carbocycles. The molecule has 118 valence electrons. The van der Waals surface area contributed by atoms with Crippen LogP contribution in [0.15, 0.2) is 23.1 Å². The fourth-order valence-electron chi connectivity index (χ4n) is 2.02. The lowest BCUT2D eigenvalue weighted by atomic mass is 10.2. The minimum Gasteiger partial charge on any atom is -0.398 e. The van der Waals surface area contributed by atoms with E-state index >= 15 is 0 Å². The summed E-state index contributed by atoms with van der Waals surface area (Å²) >= 11 is 0. The van der Waals surface area contributed by atoms with Crippen molar-refractivity contribution in [3.05, 3.63) is 18.2 Å². The topological polar surface area (TPSA) is 119 Å². The number of rotatable bonds is 6. The number of anilines is 2.